The van der Waals surface area contributed by atoms with Gasteiger partial charge in [0.2, 0.25) is 5.78 Å². The molecule has 0 radical (unpaired) electrons. The van der Waals surface area contributed by atoms with Crippen molar-refractivity contribution in [2.45, 2.75) is 33.3 Å². The topological polar surface area (TPSA) is 57.5 Å². The van der Waals surface area contributed by atoms with Gasteiger partial charge in [0.05, 0.1) is 0 Å². The van der Waals surface area contributed by atoms with E-state index in [2.05, 4.69) is 0 Å². The maximum absolute atomic E-state index is 13.6. The lowest BCUT2D eigenvalue weighted by molar-refractivity contribution is -0.150. The van der Waals surface area contributed by atoms with Gasteiger partial charge in [-0.15, -0.1) is 0 Å². The highest BCUT2D eigenvalue weighted by Gasteiger charge is 2.23. The largest absolute Gasteiger partial charge is 0.479 e. The molecule has 0 aliphatic carbocycles. The van der Waals surface area contributed by atoms with E-state index in [1.54, 1.807) is 41.8 Å². The van der Waals surface area contributed by atoms with E-state index in [0.717, 1.165) is 5.69 Å². The van der Waals surface area contributed by atoms with E-state index in [0.29, 0.717) is 29.1 Å². The van der Waals surface area contributed by atoms with E-state index in [9.17, 15) is 14.0 Å². The van der Waals surface area contributed by atoms with E-state index >= 15 is 0 Å². The lowest BCUT2D eigenvalue weighted by Gasteiger charge is -2.16. The van der Waals surface area contributed by atoms with Gasteiger partial charge in [0.25, 0.3) is 0 Å². The SMILES string of the molecule is CC[C@@H](Oc1ccccc1)C(=O)OCC(=O)c1cc(C)n(-c2cccc(F)c2)c1C. The fourth-order valence-electron chi connectivity index (χ4n) is 3.33. The first-order valence-electron chi connectivity index (χ1n) is 9.77. The Morgan fingerprint density at radius 3 is 2.43 bits per heavy atom. The third kappa shape index (κ3) is 4.76. The molecule has 0 aliphatic heterocycles. The van der Waals surface area contributed by atoms with Crippen molar-refractivity contribution in [2.24, 2.45) is 0 Å². The Labute approximate surface area is 175 Å². The summed E-state index contributed by atoms with van der Waals surface area (Å²) in [5.41, 5.74) is 2.50. The first-order chi connectivity index (χ1) is 14.4. The van der Waals surface area contributed by atoms with Crippen molar-refractivity contribution >= 4 is 11.8 Å². The molecule has 2 aromatic carbocycles. The summed E-state index contributed by atoms with van der Waals surface area (Å²) in [5, 5.41) is 0. The van der Waals surface area contributed by atoms with Gasteiger partial charge in [-0.1, -0.05) is 31.2 Å². The van der Waals surface area contributed by atoms with Crippen molar-refractivity contribution in [3.8, 4) is 11.4 Å². The predicted octanol–water partition coefficient (Wildman–Crippen LogP) is 4.82. The Hall–Kier alpha value is -3.41. The number of hydrogen-bond acceptors (Lipinski definition) is 4. The van der Waals surface area contributed by atoms with Gasteiger partial charge in [-0.25, -0.2) is 9.18 Å². The monoisotopic (exact) mass is 409 g/mol. The quantitative estimate of drug-likeness (QED) is 0.395. The molecule has 0 N–H and O–H groups in total. The molecule has 0 saturated heterocycles. The first-order valence-corrected chi connectivity index (χ1v) is 9.77. The minimum absolute atomic E-state index is 0.325. The zero-order chi connectivity index (χ0) is 21.7. The molecule has 0 spiro atoms. The van der Waals surface area contributed by atoms with Crippen LogP contribution in [0, 0.1) is 19.7 Å². The van der Waals surface area contributed by atoms with Gasteiger partial charge in [0, 0.05) is 22.6 Å². The highest BCUT2D eigenvalue weighted by Crippen LogP contribution is 2.22. The molecule has 6 heteroatoms. The van der Waals surface area contributed by atoms with Crippen LogP contribution in [-0.4, -0.2) is 29.0 Å². The summed E-state index contributed by atoms with van der Waals surface area (Å²) in [7, 11) is 0. The van der Waals surface area contributed by atoms with Gasteiger partial charge in [-0.3, -0.25) is 4.79 Å². The summed E-state index contributed by atoms with van der Waals surface area (Å²) in [6.07, 6.45) is -0.379. The number of carbonyl (C=O) groups is 2. The zero-order valence-electron chi connectivity index (χ0n) is 17.2. The van der Waals surface area contributed by atoms with Gasteiger partial charge >= 0.3 is 5.97 Å². The Balaban J connectivity index is 1.69. The summed E-state index contributed by atoms with van der Waals surface area (Å²) in [4.78, 5) is 25.1. The highest BCUT2D eigenvalue weighted by atomic mass is 19.1. The van der Waals surface area contributed by atoms with Gasteiger partial charge in [0.1, 0.15) is 11.6 Å². The number of hydrogen-bond donors (Lipinski definition) is 0. The molecule has 3 rings (SSSR count). The fraction of sp³-hybridized carbons (Fsp3) is 0.250. The van der Waals surface area contributed by atoms with Crippen LogP contribution in [0.4, 0.5) is 4.39 Å². The number of rotatable bonds is 8. The summed E-state index contributed by atoms with van der Waals surface area (Å²) in [6.45, 7) is 5.03. The number of ketones is 1. The van der Waals surface area contributed by atoms with E-state index in [-0.39, 0.29) is 18.2 Å². The molecular weight excluding hydrogens is 385 g/mol. The predicted molar refractivity (Wildman–Crippen MR) is 112 cm³/mol. The Kier molecular flexibility index (Phi) is 6.67. The molecule has 5 nitrogen and oxygen atoms in total. The maximum atomic E-state index is 13.6. The summed E-state index contributed by atoms with van der Waals surface area (Å²) < 4.78 is 26.3. The fourth-order valence-corrected chi connectivity index (χ4v) is 3.33. The number of nitrogens with zero attached hydrogens (tertiary/aromatic N) is 1. The van der Waals surface area contributed by atoms with Crippen molar-refractivity contribution in [3.63, 3.8) is 0 Å². The maximum Gasteiger partial charge on any atom is 0.347 e. The number of para-hydroxylation sites is 1. The van der Waals surface area contributed by atoms with Crippen LogP contribution in [-0.2, 0) is 9.53 Å². The molecule has 0 aliphatic rings. The third-order valence-corrected chi connectivity index (χ3v) is 4.80. The number of halogens is 1. The molecule has 30 heavy (non-hydrogen) atoms. The normalized spacial score (nSPS) is 11.7. The van der Waals surface area contributed by atoms with Crippen molar-refractivity contribution in [3.05, 3.63) is 83.4 Å². The zero-order valence-corrected chi connectivity index (χ0v) is 17.2. The molecule has 1 atom stereocenters. The molecule has 156 valence electrons. The highest BCUT2D eigenvalue weighted by molar-refractivity contribution is 5.99. The van der Waals surface area contributed by atoms with E-state index in [4.69, 9.17) is 9.47 Å². The minimum Gasteiger partial charge on any atom is -0.479 e. The van der Waals surface area contributed by atoms with Crippen LogP contribution in [0.1, 0.15) is 35.1 Å². The van der Waals surface area contributed by atoms with Crippen LogP contribution in [0.25, 0.3) is 5.69 Å². The molecule has 3 aromatic rings. The number of carbonyl (C=O) groups excluding carboxylic acids is 2. The molecule has 0 unspecified atom stereocenters. The molecule has 0 amide bonds. The van der Waals surface area contributed by atoms with Crippen molar-refractivity contribution in [1.29, 1.82) is 0 Å². The molecule has 0 saturated carbocycles. The van der Waals surface area contributed by atoms with Crippen LogP contribution < -0.4 is 4.74 Å². The van der Waals surface area contributed by atoms with Crippen LogP contribution in [0.3, 0.4) is 0 Å². The van der Waals surface area contributed by atoms with Crippen LogP contribution in [0.15, 0.2) is 60.7 Å². The number of aromatic nitrogens is 1. The second-order valence-corrected chi connectivity index (χ2v) is 6.96. The van der Waals surface area contributed by atoms with Gasteiger partial charge < -0.3 is 14.0 Å². The van der Waals surface area contributed by atoms with Crippen LogP contribution in [0.5, 0.6) is 5.75 Å². The Morgan fingerprint density at radius 2 is 1.77 bits per heavy atom. The minimum atomic E-state index is -0.792. The smallest absolute Gasteiger partial charge is 0.347 e. The Morgan fingerprint density at radius 1 is 1.03 bits per heavy atom. The van der Waals surface area contributed by atoms with Gasteiger partial charge in [-0.2, -0.15) is 0 Å². The Bertz CT molecular complexity index is 1040. The average Bonchev–Trinajstić information content (AvgIpc) is 3.04. The van der Waals surface area contributed by atoms with E-state index < -0.39 is 12.1 Å². The molecule has 0 fully saturated rings. The van der Waals surface area contributed by atoms with Crippen LogP contribution in [0.2, 0.25) is 0 Å². The van der Waals surface area contributed by atoms with Gasteiger partial charge in [-0.05, 0) is 56.7 Å². The lowest BCUT2D eigenvalue weighted by Crippen LogP contribution is -2.30. The summed E-state index contributed by atoms with van der Waals surface area (Å²) in [5.74, 6) is -0.709. The average molecular weight is 409 g/mol. The molecular formula is C24H24FNO4. The number of Topliss-reactive ketones (excluding diaryl/α,β-unsaturated/α-hetero) is 1. The summed E-state index contributed by atoms with van der Waals surface area (Å²) in [6, 6.07) is 16.8. The number of ether oxygens (including phenoxy) is 2. The van der Waals surface area contributed by atoms with Gasteiger partial charge in [0.15, 0.2) is 12.7 Å². The van der Waals surface area contributed by atoms with E-state index in [1.807, 2.05) is 32.0 Å². The summed E-state index contributed by atoms with van der Waals surface area (Å²) >= 11 is 0. The molecule has 0 bridgehead atoms. The van der Waals surface area contributed by atoms with Crippen molar-refractivity contribution < 1.29 is 23.5 Å². The molecule has 1 aromatic heterocycles. The number of aryl methyl sites for hydroxylation is 1. The third-order valence-electron chi connectivity index (χ3n) is 4.80. The standard InChI is InChI=1S/C24H24FNO4/c1-4-23(30-20-11-6-5-7-12-20)24(28)29-15-22(27)21-13-16(2)26(17(21)3)19-10-8-9-18(25)14-19/h5-14,23H,4,15H2,1-3H3/t23-/m1/s1. The van der Waals surface area contributed by atoms with E-state index in [1.165, 1.54) is 12.1 Å². The second-order valence-electron chi connectivity index (χ2n) is 6.96. The van der Waals surface area contributed by atoms with Crippen LogP contribution >= 0.6 is 0 Å². The number of benzene rings is 2. The lowest BCUT2D eigenvalue weighted by atomic mass is 10.1. The first kappa shape index (κ1) is 21.3. The molecule has 1 heterocycles. The van der Waals surface area contributed by atoms with Crippen molar-refractivity contribution in [1.82, 2.24) is 4.57 Å². The number of esters is 1. The second kappa shape index (κ2) is 9.39. The van der Waals surface area contributed by atoms with Crippen molar-refractivity contribution in [2.75, 3.05) is 6.61 Å².